The van der Waals surface area contributed by atoms with E-state index in [-0.39, 0.29) is 30.1 Å². The zero-order valence-electron chi connectivity index (χ0n) is 17.3. The fraction of sp³-hybridized carbons (Fsp3) is 0.500. The predicted molar refractivity (Wildman–Crippen MR) is 104 cm³/mol. The molecule has 0 aliphatic carbocycles. The lowest BCUT2D eigenvalue weighted by Crippen LogP contribution is -2.62. The van der Waals surface area contributed by atoms with Gasteiger partial charge in [0.1, 0.15) is 0 Å². The average molecular weight is 421 g/mol. The quantitative estimate of drug-likeness (QED) is 0.419. The molecule has 1 amide bonds. The van der Waals surface area contributed by atoms with Gasteiger partial charge in [0.05, 0.1) is 18.9 Å². The predicted octanol–water partition coefficient (Wildman–Crippen LogP) is -1.43. The number of hydrogen-bond donors (Lipinski definition) is 1. The number of ether oxygens (including phenoxy) is 2. The van der Waals surface area contributed by atoms with Crippen molar-refractivity contribution in [2.75, 3.05) is 13.2 Å². The number of amides is 1. The van der Waals surface area contributed by atoms with Crippen molar-refractivity contribution in [3.05, 3.63) is 32.7 Å². The molecular weight excluding hydrogens is 398 g/mol. The van der Waals surface area contributed by atoms with Crippen molar-refractivity contribution in [3.8, 4) is 0 Å². The number of rotatable bonds is 7. The number of nitrogens with zero attached hydrogens (tertiary/aromatic N) is 4. The third-order valence-corrected chi connectivity index (χ3v) is 4.29. The van der Waals surface area contributed by atoms with Crippen molar-refractivity contribution in [1.82, 2.24) is 24.4 Å². The van der Waals surface area contributed by atoms with Gasteiger partial charge in [-0.25, -0.2) is 24.4 Å². The van der Waals surface area contributed by atoms with Crippen LogP contribution in [-0.4, -0.2) is 55.7 Å². The van der Waals surface area contributed by atoms with Crippen molar-refractivity contribution in [2.24, 2.45) is 14.1 Å². The molecule has 0 fully saturated rings. The first-order valence-electron chi connectivity index (χ1n) is 9.13. The molecule has 0 saturated heterocycles. The second-order valence-corrected chi connectivity index (χ2v) is 6.44. The number of aromatic nitrogens is 4. The molecule has 2 heterocycles. The molecule has 12 heteroatoms. The van der Waals surface area contributed by atoms with Crippen molar-refractivity contribution in [1.29, 1.82) is 0 Å². The van der Waals surface area contributed by atoms with Crippen LogP contribution in [-0.2, 0) is 44.4 Å². The van der Waals surface area contributed by atoms with E-state index in [4.69, 9.17) is 9.47 Å². The van der Waals surface area contributed by atoms with Gasteiger partial charge in [0.15, 0.2) is 11.2 Å². The first-order valence-corrected chi connectivity index (χ1v) is 9.13. The molecule has 1 N–H and O–H groups in total. The minimum absolute atomic E-state index is 0.0370. The Morgan fingerprint density at radius 1 is 1.07 bits per heavy atom. The normalized spacial score (nSPS) is 11.2. The van der Waals surface area contributed by atoms with Crippen molar-refractivity contribution in [3.63, 3.8) is 0 Å². The van der Waals surface area contributed by atoms with E-state index in [1.807, 2.05) is 0 Å². The fourth-order valence-electron chi connectivity index (χ4n) is 2.90. The van der Waals surface area contributed by atoms with E-state index in [1.165, 1.54) is 20.3 Å². The van der Waals surface area contributed by atoms with Gasteiger partial charge < -0.3 is 14.8 Å². The maximum atomic E-state index is 12.7. The van der Waals surface area contributed by atoms with Crippen LogP contribution in [0, 0.1) is 0 Å². The third kappa shape index (κ3) is 4.07. The van der Waals surface area contributed by atoms with E-state index in [1.54, 1.807) is 13.8 Å². The van der Waals surface area contributed by atoms with E-state index >= 15 is 0 Å². The summed E-state index contributed by atoms with van der Waals surface area (Å²) in [5, 5.41) is 2.32. The SMILES string of the molecule is CCOC(=O)C(Cc1cnc2c(=O)n(C)c(=O)n(C)c2n1)(NC(C)=O)C(=O)OCC. The van der Waals surface area contributed by atoms with Gasteiger partial charge in [0.2, 0.25) is 11.4 Å². The Morgan fingerprint density at radius 2 is 1.63 bits per heavy atom. The number of carbonyl (C=O) groups excluding carboxylic acids is 3. The van der Waals surface area contributed by atoms with Gasteiger partial charge in [-0.2, -0.15) is 0 Å². The Morgan fingerprint density at radius 3 is 2.13 bits per heavy atom. The molecule has 0 aliphatic rings. The lowest BCUT2D eigenvalue weighted by molar-refractivity contribution is -0.168. The van der Waals surface area contributed by atoms with Crippen LogP contribution in [0.25, 0.3) is 11.2 Å². The van der Waals surface area contributed by atoms with E-state index in [2.05, 4.69) is 15.3 Å². The molecule has 2 aromatic heterocycles. The number of hydrogen-bond acceptors (Lipinski definition) is 9. The fourth-order valence-corrected chi connectivity index (χ4v) is 2.90. The minimum Gasteiger partial charge on any atom is -0.464 e. The molecule has 12 nitrogen and oxygen atoms in total. The van der Waals surface area contributed by atoms with Crippen molar-refractivity contribution in [2.45, 2.75) is 32.7 Å². The van der Waals surface area contributed by atoms with Crippen LogP contribution in [0.5, 0.6) is 0 Å². The molecule has 0 atom stereocenters. The number of esters is 2. The van der Waals surface area contributed by atoms with Gasteiger partial charge >= 0.3 is 17.6 Å². The van der Waals surface area contributed by atoms with Crippen LogP contribution in [0.1, 0.15) is 26.5 Å². The smallest absolute Gasteiger partial charge is 0.344 e. The van der Waals surface area contributed by atoms with Gasteiger partial charge in [-0.05, 0) is 13.8 Å². The maximum Gasteiger partial charge on any atom is 0.344 e. The van der Waals surface area contributed by atoms with Gasteiger partial charge in [0.25, 0.3) is 5.56 Å². The molecule has 30 heavy (non-hydrogen) atoms. The number of nitrogens with one attached hydrogen (secondary N) is 1. The minimum atomic E-state index is -2.21. The molecule has 0 aromatic carbocycles. The van der Waals surface area contributed by atoms with Gasteiger partial charge in [-0.15, -0.1) is 0 Å². The number of fused-ring (bicyclic) bond motifs is 1. The molecule has 2 aromatic rings. The van der Waals surface area contributed by atoms with Crippen LogP contribution in [0.3, 0.4) is 0 Å². The largest absolute Gasteiger partial charge is 0.464 e. The monoisotopic (exact) mass is 421 g/mol. The van der Waals surface area contributed by atoms with Gasteiger partial charge in [-0.1, -0.05) is 0 Å². The first kappa shape index (κ1) is 22.7. The third-order valence-electron chi connectivity index (χ3n) is 4.29. The van der Waals surface area contributed by atoms with Crippen LogP contribution < -0.4 is 16.6 Å². The van der Waals surface area contributed by atoms with E-state index in [0.29, 0.717) is 0 Å². The molecule has 0 aliphatic heterocycles. The lowest BCUT2D eigenvalue weighted by Gasteiger charge is -2.29. The summed E-state index contributed by atoms with van der Waals surface area (Å²) in [7, 11) is 2.71. The Labute approximate surface area is 170 Å². The Hall–Kier alpha value is -3.57. The standard InChI is InChI=1S/C18H23N5O7/c1-6-29-15(26)18(21-10(3)24,16(27)30-7-2)8-11-9-19-12-13(20-11)22(4)17(28)23(5)14(12)25/h9H,6-8H2,1-5H3,(H,21,24). The zero-order chi connectivity index (χ0) is 22.6. The molecule has 0 unspecified atom stereocenters. The highest BCUT2D eigenvalue weighted by Gasteiger charge is 2.50. The molecule has 0 bridgehead atoms. The molecule has 2 rings (SSSR count). The highest BCUT2D eigenvalue weighted by Crippen LogP contribution is 2.18. The van der Waals surface area contributed by atoms with Crippen LogP contribution in [0.2, 0.25) is 0 Å². The summed E-state index contributed by atoms with van der Waals surface area (Å²) in [6, 6.07) is 0. The van der Waals surface area contributed by atoms with Crippen molar-refractivity contribution >= 4 is 29.0 Å². The number of aryl methyl sites for hydroxylation is 1. The first-order chi connectivity index (χ1) is 14.1. The second-order valence-electron chi connectivity index (χ2n) is 6.44. The highest BCUT2D eigenvalue weighted by molar-refractivity contribution is 6.08. The molecule has 0 spiro atoms. The summed E-state index contributed by atoms with van der Waals surface area (Å²) in [6.07, 6.45) is 0.722. The van der Waals surface area contributed by atoms with Gasteiger partial charge in [0, 0.05) is 33.6 Å². The average Bonchev–Trinajstić information content (AvgIpc) is 2.70. The zero-order valence-corrected chi connectivity index (χ0v) is 17.3. The van der Waals surface area contributed by atoms with Gasteiger partial charge in [-0.3, -0.25) is 18.7 Å². The Bertz CT molecular complexity index is 1100. The summed E-state index contributed by atoms with van der Waals surface area (Å²) in [5.74, 6) is -2.73. The summed E-state index contributed by atoms with van der Waals surface area (Å²) in [4.78, 5) is 70.0. The molecule has 162 valence electrons. The maximum absolute atomic E-state index is 12.7. The Balaban J connectivity index is 2.69. The van der Waals surface area contributed by atoms with E-state index in [9.17, 15) is 24.0 Å². The number of carbonyl (C=O) groups is 3. The molecule has 0 saturated carbocycles. The Kier molecular flexibility index (Phi) is 6.70. The van der Waals surface area contributed by atoms with Crippen molar-refractivity contribution < 1.29 is 23.9 Å². The summed E-state index contributed by atoms with van der Waals surface area (Å²) >= 11 is 0. The summed E-state index contributed by atoms with van der Waals surface area (Å²) in [5.41, 5.74) is -3.52. The second kappa shape index (κ2) is 8.84. The molecular formula is C18H23N5O7. The summed E-state index contributed by atoms with van der Waals surface area (Å²) in [6.45, 7) is 4.12. The molecule has 0 radical (unpaired) electrons. The van der Waals surface area contributed by atoms with E-state index in [0.717, 1.165) is 16.1 Å². The lowest BCUT2D eigenvalue weighted by atomic mass is 9.93. The van der Waals surface area contributed by atoms with E-state index < -0.39 is 41.1 Å². The van der Waals surface area contributed by atoms with Crippen LogP contribution >= 0.6 is 0 Å². The summed E-state index contributed by atoms with van der Waals surface area (Å²) < 4.78 is 12.0. The highest BCUT2D eigenvalue weighted by atomic mass is 16.6. The topological polar surface area (TPSA) is 151 Å². The van der Waals surface area contributed by atoms with Crippen LogP contribution in [0.15, 0.2) is 15.8 Å². The van der Waals surface area contributed by atoms with Crippen LogP contribution in [0.4, 0.5) is 0 Å².